The van der Waals surface area contributed by atoms with Gasteiger partial charge in [-0.3, -0.25) is 0 Å². The minimum Gasteiger partial charge on any atom is -0.0654 e. The Morgan fingerprint density at radius 3 is 1.10 bits per heavy atom. The van der Waals surface area contributed by atoms with Gasteiger partial charge in [-0.25, -0.2) is 0 Å². The summed E-state index contributed by atoms with van der Waals surface area (Å²) in [6, 6.07) is 0. The lowest BCUT2D eigenvalue weighted by Crippen LogP contribution is -2.25. The predicted molar refractivity (Wildman–Crippen MR) is 149 cm³/mol. The summed E-state index contributed by atoms with van der Waals surface area (Å²) in [7, 11) is -0.738. The van der Waals surface area contributed by atoms with Gasteiger partial charge in [-0.1, -0.05) is 104 Å². The highest BCUT2D eigenvalue weighted by Gasteiger charge is 2.44. The zero-order valence-corrected chi connectivity index (χ0v) is 23.3. The van der Waals surface area contributed by atoms with Crippen molar-refractivity contribution in [1.29, 1.82) is 0 Å². The molecule has 0 nitrogen and oxygen atoms in total. The molecule has 1 aliphatic carbocycles. The fourth-order valence-corrected chi connectivity index (χ4v) is 11.9. The Labute approximate surface area is 199 Å². The van der Waals surface area contributed by atoms with E-state index in [4.69, 9.17) is 0 Å². The summed E-state index contributed by atoms with van der Waals surface area (Å²) in [5, 5.41) is 0. The van der Waals surface area contributed by atoms with Crippen LogP contribution in [0.5, 0.6) is 0 Å². The molecule has 0 aromatic heterocycles. The van der Waals surface area contributed by atoms with Gasteiger partial charge in [0.05, 0.1) is 24.1 Å². The van der Waals surface area contributed by atoms with E-state index in [1.54, 1.807) is 63.4 Å². The normalized spacial score (nSPS) is 15.6. The molecule has 31 heavy (non-hydrogen) atoms. The third kappa shape index (κ3) is 14.3. The molecule has 0 radical (unpaired) electrons. The second-order valence-corrected chi connectivity index (χ2v) is 15.5. The Morgan fingerprint density at radius 2 is 0.742 bits per heavy atom. The fraction of sp³-hybridized carbons (Fsp3) is 1.00. The molecule has 1 rings (SSSR count). The van der Waals surface area contributed by atoms with Crippen molar-refractivity contribution in [2.45, 2.75) is 174 Å². The van der Waals surface area contributed by atoms with Crippen molar-refractivity contribution in [3.05, 3.63) is 0 Å². The lowest BCUT2D eigenvalue weighted by molar-refractivity contribution is 0.503. The molecule has 0 unspecified atom stereocenters. The number of rotatable bonds is 22. The van der Waals surface area contributed by atoms with Crippen molar-refractivity contribution in [3.8, 4) is 0 Å². The molecule has 0 aromatic carbocycles. The quantitative estimate of drug-likeness (QED) is 0.113. The zero-order chi connectivity index (χ0) is 22.5. The molecule has 0 aromatic rings. The van der Waals surface area contributed by atoms with Crippen LogP contribution in [0.4, 0.5) is 0 Å². The van der Waals surface area contributed by atoms with E-state index in [2.05, 4.69) is 20.8 Å². The first-order valence-electron chi connectivity index (χ1n) is 15.1. The Bertz CT molecular complexity index is 317. The van der Waals surface area contributed by atoms with Gasteiger partial charge >= 0.3 is 0 Å². The summed E-state index contributed by atoms with van der Waals surface area (Å²) >= 11 is 0. The molecule has 0 saturated heterocycles. The molecule has 0 spiro atoms. The van der Waals surface area contributed by atoms with Crippen LogP contribution in [0.15, 0.2) is 0 Å². The van der Waals surface area contributed by atoms with Crippen LogP contribution in [0.3, 0.4) is 0 Å². The first-order valence-corrected chi connectivity index (χ1v) is 17.6. The molecular formula is C30H62P+. The van der Waals surface area contributed by atoms with Crippen LogP contribution in [-0.4, -0.2) is 24.1 Å². The summed E-state index contributed by atoms with van der Waals surface area (Å²) in [6.45, 7) is 7.04. The summed E-state index contributed by atoms with van der Waals surface area (Å²) in [5.41, 5.74) is 1.17. The molecule has 1 fully saturated rings. The van der Waals surface area contributed by atoms with Crippen LogP contribution in [0.1, 0.15) is 168 Å². The van der Waals surface area contributed by atoms with Crippen molar-refractivity contribution in [1.82, 2.24) is 0 Å². The van der Waals surface area contributed by atoms with E-state index >= 15 is 0 Å². The predicted octanol–water partition coefficient (Wildman–Crippen LogP) is 11.4. The monoisotopic (exact) mass is 453 g/mol. The van der Waals surface area contributed by atoms with Crippen molar-refractivity contribution >= 4 is 7.26 Å². The van der Waals surface area contributed by atoms with Crippen LogP contribution in [-0.2, 0) is 0 Å². The molecule has 0 bridgehead atoms. The van der Waals surface area contributed by atoms with E-state index in [-0.39, 0.29) is 0 Å². The lowest BCUT2D eigenvalue weighted by Gasteiger charge is -2.38. The van der Waals surface area contributed by atoms with Crippen LogP contribution >= 0.6 is 7.26 Å². The van der Waals surface area contributed by atoms with Gasteiger partial charge in [0.25, 0.3) is 0 Å². The number of hydrogen-bond donors (Lipinski definition) is 0. The van der Waals surface area contributed by atoms with Gasteiger partial charge in [0.2, 0.25) is 0 Å². The highest BCUT2D eigenvalue weighted by molar-refractivity contribution is 7.76. The van der Waals surface area contributed by atoms with Crippen LogP contribution < -0.4 is 0 Å². The van der Waals surface area contributed by atoms with Gasteiger partial charge in [0.1, 0.15) is 0 Å². The molecule has 1 heteroatoms. The van der Waals surface area contributed by atoms with E-state index in [9.17, 15) is 0 Å². The molecule has 186 valence electrons. The second-order valence-electron chi connectivity index (χ2n) is 11.0. The minimum atomic E-state index is -0.738. The molecule has 0 N–H and O–H groups in total. The van der Waals surface area contributed by atoms with Crippen LogP contribution in [0, 0.1) is 0 Å². The summed E-state index contributed by atoms with van der Waals surface area (Å²) in [5.74, 6) is 0. The Balaban J connectivity index is 2.63. The third-order valence-electron chi connectivity index (χ3n) is 8.22. The summed E-state index contributed by atoms with van der Waals surface area (Å²) in [6.07, 6.45) is 39.7. The molecule has 0 heterocycles. The molecule has 1 saturated carbocycles. The highest BCUT2D eigenvalue weighted by Crippen LogP contribution is 2.67. The average molecular weight is 454 g/mol. The van der Waals surface area contributed by atoms with E-state index in [0.717, 1.165) is 0 Å². The molecule has 0 aliphatic heterocycles. The van der Waals surface area contributed by atoms with Crippen molar-refractivity contribution in [2.75, 3.05) is 18.5 Å². The van der Waals surface area contributed by atoms with E-state index in [1.165, 1.54) is 108 Å². The van der Waals surface area contributed by atoms with Gasteiger partial charge in [0.15, 0.2) is 0 Å². The van der Waals surface area contributed by atoms with Crippen molar-refractivity contribution < 1.29 is 0 Å². The molecular weight excluding hydrogens is 391 g/mol. The van der Waals surface area contributed by atoms with Gasteiger partial charge in [0, 0.05) is 7.26 Å². The first kappa shape index (κ1) is 29.5. The molecule has 0 amide bonds. The summed E-state index contributed by atoms with van der Waals surface area (Å²) < 4.78 is 0. The Kier molecular flexibility index (Phi) is 20.0. The largest absolute Gasteiger partial charge is 0.0697 e. The van der Waals surface area contributed by atoms with Crippen molar-refractivity contribution in [2.24, 2.45) is 0 Å². The van der Waals surface area contributed by atoms with E-state index < -0.39 is 7.26 Å². The molecule has 1 aliphatic rings. The maximum absolute atomic E-state index is 2.35. The van der Waals surface area contributed by atoms with E-state index in [0.29, 0.717) is 0 Å². The number of unbranched alkanes of at least 4 members (excludes halogenated alkanes) is 15. The van der Waals surface area contributed by atoms with Crippen molar-refractivity contribution in [3.63, 3.8) is 0 Å². The fourth-order valence-electron chi connectivity index (χ4n) is 6.13. The maximum Gasteiger partial charge on any atom is 0.0697 e. The molecule has 0 atom stereocenters. The topological polar surface area (TPSA) is 0 Å². The standard InChI is InChI=1S/C30H62P/c1-4-7-10-13-16-22-27-31(30-25-20-19-21-26-30,28-23-17-14-11-8-5-2)29-24-18-15-12-9-6-3/h30H,4-29H2,1-3H3/q+1. The van der Waals surface area contributed by atoms with Crippen LogP contribution in [0.25, 0.3) is 0 Å². The van der Waals surface area contributed by atoms with Gasteiger partial charge in [-0.2, -0.15) is 0 Å². The van der Waals surface area contributed by atoms with Gasteiger partial charge < -0.3 is 0 Å². The number of hydrogen-bond acceptors (Lipinski definition) is 0. The maximum atomic E-state index is 2.35. The van der Waals surface area contributed by atoms with Gasteiger partial charge in [-0.15, -0.1) is 0 Å². The average Bonchev–Trinajstić information content (AvgIpc) is 2.80. The zero-order valence-electron chi connectivity index (χ0n) is 22.4. The minimum absolute atomic E-state index is 0.738. The summed E-state index contributed by atoms with van der Waals surface area (Å²) in [4.78, 5) is 0. The second kappa shape index (κ2) is 21.0. The van der Waals surface area contributed by atoms with Crippen LogP contribution in [0.2, 0.25) is 0 Å². The highest BCUT2D eigenvalue weighted by atomic mass is 31.2. The Morgan fingerprint density at radius 1 is 0.419 bits per heavy atom. The van der Waals surface area contributed by atoms with Gasteiger partial charge in [-0.05, 0) is 64.2 Å². The first-order chi connectivity index (χ1) is 15.3. The Hall–Kier alpha value is 0.430. The van der Waals surface area contributed by atoms with E-state index in [1.807, 2.05) is 0 Å². The third-order valence-corrected chi connectivity index (χ3v) is 13.9. The SMILES string of the molecule is CCCCCCCC[P+](CCCCCCCC)(CCCCCCCC)C1CCCCC1. The smallest absolute Gasteiger partial charge is 0.0654 e. The lowest BCUT2D eigenvalue weighted by atomic mass is 10.0.